The van der Waals surface area contributed by atoms with Gasteiger partial charge in [-0.25, -0.2) is 4.68 Å². The van der Waals surface area contributed by atoms with Gasteiger partial charge in [-0.05, 0) is 33.5 Å². The third-order valence-corrected chi connectivity index (χ3v) is 3.60. The number of hydrogen-bond acceptors (Lipinski definition) is 5. The predicted octanol–water partition coefficient (Wildman–Crippen LogP) is 2.32. The van der Waals surface area contributed by atoms with E-state index in [4.69, 9.17) is 5.26 Å². The molecule has 0 bridgehead atoms. The molecule has 0 saturated heterocycles. The molecule has 3 aromatic rings. The number of nitrogens with zero attached hydrogens (tertiary/aromatic N) is 5. The fraction of sp³-hybridized carbons (Fsp3) is 0.0769. The van der Waals surface area contributed by atoms with Gasteiger partial charge in [0.25, 0.3) is 0 Å². The van der Waals surface area contributed by atoms with Crippen molar-refractivity contribution in [1.82, 2.24) is 20.2 Å². The molecule has 0 aliphatic rings. The van der Waals surface area contributed by atoms with Gasteiger partial charge in [0.2, 0.25) is 0 Å². The van der Waals surface area contributed by atoms with Crippen LogP contribution in [0.25, 0.3) is 10.7 Å². The molecule has 0 aliphatic carbocycles. The molecule has 0 fully saturated rings. The number of nitriles is 1. The average molecular weight is 267 g/mol. The van der Waals surface area contributed by atoms with Gasteiger partial charge in [-0.15, -0.1) is 16.4 Å². The zero-order valence-corrected chi connectivity index (χ0v) is 10.7. The Bertz CT molecular complexity index is 724. The van der Waals surface area contributed by atoms with Crippen molar-refractivity contribution < 1.29 is 0 Å². The van der Waals surface area contributed by atoms with E-state index in [1.165, 1.54) is 0 Å². The first-order chi connectivity index (χ1) is 9.38. The minimum Gasteiger partial charge on any atom is -0.220 e. The van der Waals surface area contributed by atoms with Gasteiger partial charge < -0.3 is 0 Å². The summed E-state index contributed by atoms with van der Waals surface area (Å²) >= 11 is 1.59. The molecule has 1 aromatic carbocycles. The van der Waals surface area contributed by atoms with Crippen LogP contribution in [0, 0.1) is 11.3 Å². The van der Waals surface area contributed by atoms with Gasteiger partial charge >= 0.3 is 0 Å². The molecule has 6 heteroatoms. The first-order valence-corrected chi connectivity index (χ1v) is 6.54. The highest BCUT2D eigenvalue weighted by atomic mass is 32.1. The standard InChI is InChI=1S/C13H9N5S/c14-8-10-4-1-2-5-11(10)9-18-13(15-16-17-18)12-6-3-7-19-12/h1-7H,9H2. The Morgan fingerprint density at radius 3 is 2.89 bits per heavy atom. The Hall–Kier alpha value is -2.52. The van der Waals surface area contributed by atoms with E-state index in [9.17, 15) is 0 Å². The summed E-state index contributed by atoms with van der Waals surface area (Å²) in [5, 5.41) is 22.8. The first-order valence-electron chi connectivity index (χ1n) is 5.66. The van der Waals surface area contributed by atoms with Crippen molar-refractivity contribution in [1.29, 1.82) is 5.26 Å². The fourth-order valence-electron chi connectivity index (χ4n) is 1.82. The van der Waals surface area contributed by atoms with Crippen LogP contribution >= 0.6 is 11.3 Å². The van der Waals surface area contributed by atoms with Crippen LogP contribution in [0.3, 0.4) is 0 Å². The highest BCUT2D eigenvalue weighted by Crippen LogP contribution is 2.22. The molecule has 0 saturated carbocycles. The summed E-state index contributed by atoms with van der Waals surface area (Å²) in [5.41, 5.74) is 1.56. The van der Waals surface area contributed by atoms with E-state index >= 15 is 0 Å². The van der Waals surface area contributed by atoms with Crippen molar-refractivity contribution >= 4 is 11.3 Å². The third kappa shape index (κ3) is 2.23. The molecule has 0 atom stereocenters. The topological polar surface area (TPSA) is 67.4 Å². The summed E-state index contributed by atoms with van der Waals surface area (Å²) in [6.07, 6.45) is 0. The molecule has 0 spiro atoms. The van der Waals surface area contributed by atoms with E-state index in [-0.39, 0.29) is 0 Å². The normalized spacial score (nSPS) is 10.3. The minimum atomic E-state index is 0.490. The van der Waals surface area contributed by atoms with Crippen LogP contribution in [-0.2, 0) is 6.54 Å². The van der Waals surface area contributed by atoms with Gasteiger partial charge in [0.15, 0.2) is 5.82 Å². The summed E-state index contributed by atoms with van der Waals surface area (Å²) in [4.78, 5) is 1.01. The van der Waals surface area contributed by atoms with Crippen LogP contribution in [0.15, 0.2) is 41.8 Å². The minimum absolute atomic E-state index is 0.490. The van der Waals surface area contributed by atoms with Gasteiger partial charge in [0, 0.05) is 0 Å². The molecular weight excluding hydrogens is 258 g/mol. The van der Waals surface area contributed by atoms with E-state index < -0.39 is 0 Å². The quantitative estimate of drug-likeness (QED) is 0.730. The molecule has 92 valence electrons. The molecule has 0 aliphatic heterocycles. The van der Waals surface area contributed by atoms with Crippen LogP contribution in [0.1, 0.15) is 11.1 Å². The Morgan fingerprint density at radius 1 is 1.21 bits per heavy atom. The smallest absolute Gasteiger partial charge is 0.192 e. The van der Waals surface area contributed by atoms with Crippen LogP contribution in [0.4, 0.5) is 0 Å². The Morgan fingerprint density at radius 2 is 2.11 bits per heavy atom. The van der Waals surface area contributed by atoms with Crippen molar-refractivity contribution in [2.24, 2.45) is 0 Å². The van der Waals surface area contributed by atoms with Crippen molar-refractivity contribution in [3.05, 3.63) is 52.9 Å². The molecule has 0 unspecified atom stereocenters. The van der Waals surface area contributed by atoms with Crippen LogP contribution in [-0.4, -0.2) is 20.2 Å². The fourth-order valence-corrected chi connectivity index (χ4v) is 2.53. The van der Waals surface area contributed by atoms with Crippen LogP contribution in [0.2, 0.25) is 0 Å². The van der Waals surface area contributed by atoms with Crippen LogP contribution in [0.5, 0.6) is 0 Å². The van der Waals surface area contributed by atoms with Gasteiger partial charge in [-0.1, -0.05) is 24.3 Å². The molecule has 0 amide bonds. The monoisotopic (exact) mass is 267 g/mol. The molecule has 0 N–H and O–H groups in total. The lowest BCUT2D eigenvalue weighted by molar-refractivity contribution is 0.653. The molecule has 0 radical (unpaired) electrons. The molecular formula is C13H9N5S. The van der Waals surface area contributed by atoms with E-state index in [0.717, 1.165) is 16.3 Å². The summed E-state index contributed by atoms with van der Waals surface area (Å²) in [5.74, 6) is 0.725. The SMILES string of the molecule is N#Cc1ccccc1Cn1nnnc1-c1cccs1. The largest absolute Gasteiger partial charge is 0.220 e. The average Bonchev–Trinajstić information content (AvgIpc) is 3.09. The lowest BCUT2D eigenvalue weighted by Crippen LogP contribution is -2.05. The number of rotatable bonds is 3. The third-order valence-electron chi connectivity index (χ3n) is 2.73. The van der Waals surface area contributed by atoms with Crippen molar-refractivity contribution in [3.8, 4) is 16.8 Å². The summed E-state index contributed by atoms with van der Waals surface area (Å²) in [6.45, 7) is 0.490. The van der Waals surface area contributed by atoms with E-state index in [1.54, 1.807) is 22.1 Å². The second-order valence-electron chi connectivity index (χ2n) is 3.91. The summed E-state index contributed by atoms with van der Waals surface area (Å²) in [7, 11) is 0. The van der Waals surface area contributed by atoms with Gasteiger partial charge in [0.05, 0.1) is 23.1 Å². The molecule has 3 rings (SSSR count). The zero-order valence-electron chi connectivity index (χ0n) is 9.89. The number of thiophene rings is 1. The van der Waals surface area contributed by atoms with Crippen molar-refractivity contribution in [2.75, 3.05) is 0 Å². The van der Waals surface area contributed by atoms with Crippen LogP contribution < -0.4 is 0 Å². The number of tetrazole rings is 1. The highest BCUT2D eigenvalue weighted by molar-refractivity contribution is 7.13. The highest BCUT2D eigenvalue weighted by Gasteiger charge is 2.11. The maximum Gasteiger partial charge on any atom is 0.192 e. The predicted molar refractivity (Wildman–Crippen MR) is 71.4 cm³/mol. The molecule has 5 nitrogen and oxygen atoms in total. The van der Waals surface area contributed by atoms with E-state index in [2.05, 4.69) is 21.6 Å². The maximum absolute atomic E-state index is 9.09. The maximum atomic E-state index is 9.09. The lowest BCUT2D eigenvalue weighted by atomic mass is 10.1. The molecule has 2 heterocycles. The Kier molecular flexibility index (Phi) is 3.04. The zero-order chi connectivity index (χ0) is 13.1. The van der Waals surface area contributed by atoms with Gasteiger partial charge in [-0.3, -0.25) is 0 Å². The number of aromatic nitrogens is 4. The second-order valence-corrected chi connectivity index (χ2v) is 4.85. The van der Waals surface area contributed by atoms with E-state index in [0.29, 0.717) is 12.1 Å². The Labute approximate surface area is 113 Å². The Balaban J connectivity index is 1.97. The molecule has 2 aromatic heterocycles. The lowest BCUT2D eigenvalue weighted by Gasteiger charge is -2.05. The van der Waals surface area contributed by atoms with Gasteiger partial charge in [0.1, 0.15) is 0 Å². The van der Waals surface area contributed by atoms with Gasteiger partial charge in [-0.2, -0.15) is 5.26 Å². The van der Waals surface area contributed by atoms with Crippen molar-refractivity contribution in [3.63, 3.8) is 0 Å². The summed E-state index contributed by atoms with van der Waals surface area (Å²) < 4.78 is 1.71. The van der Waals surface area contributed by atoms with Crippen molar-refractivity contribution in [2.45, 2.75) is 6.54 Å². The summed E-state index contributed by atoms with van der Waals surface area (Å²) in [6, 6.07) is 13.6. The second kappa shape index (κ2) is 5.00. The number of hydrogen-bond donors (Lipinski definition) is 0. The number of benzene rings is 1. The molecule has 19 heavy (non-hydrogen) atoms. The first kappa shape index (κ1) is 11.6. The van der Waals surface area contributed by atoms with E-state index in [1.807, 2.05) is 35.7 Å².